The van der Waals surface area contributed by atoms with E-state index in [0.717, 1.165) is 4.88 Å². The average molecular weight is 221 g/mol. The molecule has 1 aromatic heterocycles. The first-order chi connectivity index (χ1) is 5.47. The van der Waals surface area contributed by atoms with Gasteiger partial charge in [-0.25, -0.2) is 0 Å². The molecular weight excluding hydrogens is 216 g/mol. The fraction of sp³-hybridized carbons (Fsp3) is 0.143. The molecule has 0 atom stereocenters. The molecular formula is C7H5ClO2S2. The zero-order chi connectivity index (χ0) is 9.19. The van der Waals surface area contributed by atoms with Crippen molar-refractivity contribution in [2.24, 2.45) is 0 Å². The highest BCUT2D eigenvalue weighted by Gasteiger charge is 1.96. The zero-order valence-electron chi connectivity index (χ0n) is 6.17. The first kappa shape index (κ1) is 9.59. The van der Waals surface area contributed by atoms with Gasteiger partial charge in [-0.15, -0.1) is 11.3 Å². The van der Waals surface area contributed by atoms with Gasteiger partial charge in [0.2, 0.25) is 0 Å². The van der Waals surface area contributed by atoms with E-state index in [9.17, 15) is 8.42 Å². The Hall–Kier alpha value is -0.500. The second-order valence-electron chi connectivity index (χ2n) is 2.08. The second kappa shape index (κ2) is 3.48. The molecule has 0 aromatic carbocycles. The van der Waals surface area contributed by atoms with Crippen LogP contribution in [0.5, 0.6) is 0 Å². The van der Waals surface area contributed by atoms with Gasteiger partial charge in [-0.05, 0) is 25.0 Å². The smallest absolute Gasteiger partial charge is 0.198 e. The minimum Gasteiger partial charge on any atom is -0.198 e. The fourth-order valence-electron chi connectivity index (χ4n) is 0.613. The number of rotatable bonds is 0. The monoisotopic (exact) mass is 220 g/mol. The molecule has 1 rings (SSSR count). The Morgan fingerprint density at radius 1 is 1.50 bits per heavy atom. The number of hydrogen-bond donors (Lipinski definition) is 0. The summed E-state index contributed by atoms with van der Waals surface area (Å²) < 4.78 is 20.8. The lowest BCUT2D eigenvalue weighted by Crippen LogP contribution is -1.79. The summed E-state index contributed by atoms with van der Waals surface area (Å²) in [6.45, 7) is 1.92. The van der Waals surface area contributed by atoms with E-state index in [2.05, 4.69) is 5.92 Å². The Labute approximate surface area is 79.6 Å². The minimum absolute atomic E-state index is 0.705. The molecule has 1 heterocycles. The summed E-state index contributed by atoms with van der Waals surface area (Å²) in [4.78, 5) is 1.79. The highest BCUT2D eigenvalue weighted by atomic mass is 35.7. The molecule has 1 aromatic rings. The van der Waals surface area contributed by atoms with Gasteiger partial charge in [0.1, 0.15) is 0 Å². The molecule has 64 valence electrons. The number of halogens is 1. The van der Waals surface area contributed by atoms with Crippen molar-refractivity contribution in [2.75, 3.05) is 0 Å². The van der Waals surface area contributed by atoms with Gasteiger partial charge in [-0.3, -0.25) is 0 Å². The predicted octanol–water partition coefficient (Wildman–Crippen LogP) is 1.93. The van der Waals surface area contributed by atoms with Crippen LogP contribution in [0.3, 0.4) is 0 Å². The van der Waals surface area contributed by atoms with E-state index < -0.39 is 9.05 Å². The third kappa shape index (κ3) is 3.26. The highest BCUT2D eigenvalue weighted by Crippen LogP contribution is 2.13. The maximum absolute atomic E-state index is 10.4. The van der Waals surface area contributed by atoms with Crippen LogP contribution < -0.4 is 0 Å². The van der Waals surface area contributed by atoms with Crippen molar-refractivity contribution in [1.29, 1.82) is 0 Å². The SMILES string of the molecule is Cc1ccc(C#CS(=O)(=O)Cl)s1. The molecule has 0 fully saturated rings. The molecule has 0 N–H and O–H groups in total. The summed E-state index contributed by atoms with van der Waals surface area (Å²) in [6, 6.07) is 3.63. The summed E-state index contributed by atoms with van der Waals surface area (Å²) in [6.07, 6.45) is 0. The second-order valence-corrected chi connectivity index (χ2v) is 5.66. The highest BCUT2D eigenvalue weighted by molar-refractivity contribution is 8.17. The standard InChI is InChI=1S/C7H5ClO2S2/c1-6-2-3-7(11-6)4-5-12(8,9)10/h2-3H,1H3. The van der Waals surface area contributed by atoms with Crippen molar-refractivity contribution in [3.8, 4) is 11.2 Å². The van der Waals surface area contributed by atoms with Crippen LogP contribution in [0.25, 0.3) is 0 Å². The molecule has 0 aliphatic heterocycles. The molecule has 5 heteroatoms. The normalized spacial score (nSPS) is 10.5. The summed E-state index contributed by atoms with van der Waals surface area (Å²) in [5, 5.41) is 1.95. The summed E-state index contributed by atoms with van der Waals surface area (Å²) in [5.41, 5.74) is 0. The van der Waals surface area contributed by atoms with Gasteiger partial charge in [0.05, 0.1) is 10.1 Å². The van der Waals surface area contributed by atoms with Crippen molar-refractivity contribution in [2.45, 2.75) is 6.92 Å². The Kier molecular flexibility index (Phi) is 2.78. The summed E-state index contributed by atoms with van der Waals surface area (Å²) in [7, 11) is 1.20. The molecule has 0 saturated carbocycles. The van der Waals surface area contributed by atoms with Gasteiger partial charge in [0.15, 0.2) is 0 Å². The Balaban J connectivity index is 2.95. The van der Waals surface area contributed by atoms with Crippen LogP contribution in [0.4, 0.5) is 0 Å². The van der Waals surface area contributed by atoms with Crippen molar-refractivity contribution in [1.82, 2.24) is 0 Å². The van der Waals surface area contributed by atoms with Crippen LogP contribution in [0.2, 0.25) is 0 Å². The fourth-order valence-corrected chi connectivity index (χ4v) is 1.75. The molecule has 12 heavy (non-hydrogen) atoms. The van der Waals surface area contributed by atoms with Crippen LogP contribution in [-0.2, 0) is 9.05 Å². The van der Waals surface area contributed by atoms with Gasteiger partial charge < -0.3 is 0 Å². The first-order valence-corrected chi connectivity index (χ1v) is 6.14. The number of thiophene rings is 1. The lowest BCUT2D eigenvalue weighted by molar-refractivity contribution is 0.618. The number of hydrogen-bond acceptors (Lipinski definition) is 3. The lowest BCUT2D eigenvalue weighted by Gasteiger charge is -1.76. The summed E-state index contributed by atoms with van der Waals surface area (Å²) >= 11 is 1.43. The van der Waals surface area contributed by atoms with E-state index in [4.69, 9.17) is 10.7 Å². The Bertz CT molecular complexity index is 433. The molecule has 0 spiro atoms. The largest absolute Gasteiger partial charge is 0.301 e. The lowest BCUT2D eigenvalue weighted by atomic mass is 10.4. The van der Waals surface area contributed by atoms with E-state index >= 15 is 0 Å². The van der Waals surface area contributed by atoms with Crippen LogP contribution >= 0.6 is 22.0 Å². The van der Waals surface area contributed by atoms with Crippen molar-refractivity contribution < 1.29 is 8.42 Å². The van der Waals surface area contributed by atoms with E-state index in [0.29, 0.717) is 4.88 Å². The first-order valence-electron chi connectivity index (χ1n) is 3.01. The molecule has 0 radical (unpaired) electrons. The van der Waals surface area contributed by atoms with E-state index in [-0.39, 0.29) is 0 Å². The molecule has 0 amide bonds. The van der Waals surface area contributed by atoms with Crippen molar-refractivity contribution in [3.63, 3.8) is 0 Å². The average Bonchev–Trinajstić information content (AvgIpc) is 2.30. The summed E-state index contributed by atoms with van der Waals surface area (Å²) in [5.74, 6) is 2.45. The minimum atomic E-state index is -3.70. The third-order valence-electron chi connectivity index (χ3n) is 1.04. The van der Waals surface area contributed by atoms with E-state index in [1.807, 2.05) is 18.2 Å². The van der Waals surface area contributed by atoms with Gasteiger partial charge >= 0.3 is 9.05 Å². The molecule has 0 aliphatic carbocycles. The van der Waals surface area contributed by atoms with Gasteiger partial charge in [0.25, 0.3) is 0 Å². The molecule has 0 aliphatic rings. The Morgan fingerprint density at radius 2 is 2.17 bits per heavy atom. The van der Waals surface area contributed by atoms with Crippen LogP contribution in [-0.4, -0.2) is 8.42 Å². The van der Waals surface area contributed by atoms with Gasteiger partial charge in [0, 0.05) is 15.6 Å². The molecule has 2 nitrogen and oxygen atoms in total. The topological polar surface area (TPSA) is 34.1 Å². The quantitative estimate of drug-likeness (QED) is 0.495. The van der Waals surface area contributed by atoms with Crippen LogP contribution in [0.15, 0.2) is 12.1 Å². The van der Waals surface area contributed by atoms with Gasteiger partial charge in [-0.2, -0.15) is 8.42 Å². The van der Waals surface area contributed by atoms with E-state index in [1.165, 1.54) is 11.3 Å². The van der Waals surface area contributed by atoms with Crippen molar-refractivity contribution in [3.05, 3.63) is 21.9 Å². The molecule has 0 saturated heterocycles. The van der Waals surface area contributed by atoms with Crippen LogP contribution in [0, 0.1) is 18.1 Å². The van der Waals surface area contributed by atoms with E-state index in [1.54, 1.807) is 6.07 Å². The zero-order valence-corrected chi connectivity index (χ0v) is 8.55. The maximum atomic E-state index is 10.4. The maximum Gasteiger partial charge on any atom is 0.301 e. The predicted molar refractivity (Wildman–Crippen MR) is 50.7 cm³/mol. The third-order valence-corrected chi connectivity index (χ3v) is 2.53. The van der Waals surface area contributed by atoms with Crippen LogP contribution in [0.1, 0.15) is 9.75 Å². The Morgan fingerprint density at radius 3 is 2.58 bits per heavy atom. The number of aryl methyl sites for hydroxylation is 1. The van der Waals surface area contributed by atoms with Gasteiger partial charge in [-0.1, -0.05) is 0 Å². The molecule has 0 bridgehead atoms. The molecule has 0 unspecified atom stereocenters. The van der Waals surface area contributed by atoms with Crippen molar-refractivity contribution >= 4 is 31.1 Å².